The Labute approximate surface area is 265 Å². The normalized spacial score (nSPS) is 27.9. The first kappa shape index (κ1) is 31.4. The summed E-state index contributed by atoms with van der Waals surface area (Å²) < 4.78 is 12.3. The SMILES string of the molecule is C=CCCCCOC(=O)[C@H]1[C@H]2C(=O)N([C@H](CO)c3ccccc3)C(C(=O)N(CC=C)c3ccccc3Cl)C23CC(Br)[C@@H]1O3. The third kappa shape index (κ3) is 5.57. The number of benzene rings is 2. The molecule has 5 rings (SSSR count). The number of aliphatic hydroxyl groups excluding tert-OH is 1. The minimum absolute atomic E-state index is 0.119. The first-order valence-electron chi connectivity index (χ1n) is 14.5. The predicted molar refractivity (Wildman–Crippen MR) is 168 cm³/mol. The van der Waals surface area contributed by atoms with E-state index in [1.807, 2.05) is 24.3 Å². The maximum absolute atomic E-state index is 14.8. The number of unbranched alkanes of at least 4 members (excludes halogenated alkanes) is 2. The van der Waals surface area contributed by atoms with Crippen molar-refractivity contribution in [1.82, 2.24) is 4.90 Å². The van der Waals surface area contributed by atoms with E-state index in [2.05, 4.69) is 29.1 Å². The van der Waals surface area contributed by atoms with Crippen LogP contribution in [0.5, 0.6) is 0 Å². The van der Waals surface area contributed by atoms with Gasteiger partial charge in [-0.1, -0.05) is 82.1 Å². The molecule has 2 bridgehead atoms. The lowest BCUT2D eigenvalue weighted by atomic mass is 9.70. The topological polar surface area (TPSA) is 96.4 Å². The fourth-order valence-corrected chi connectivity index (χ4v) is 8.08. The van der Waals surface area contributed by atoms with Crippen molar-refractivity contribution in [3.8, 4) is 0 Å². The number of rotatable bonds is 13. The number of halogens is 2. The molecule has 43 heavy (non-hydrogen) atoms. The Bertz CT molecular complexity index is 1370. The summed E-state index contributed by atoms with van der Waals surface area (Å²) in [6.07, 6.45) is 5.38. The van der Waals surface area contributed by atoms with Gasteiger partial charge in [0.05, 0.1) is 47.9 Å². The van der Waals surface area contributed by atoms with Gasteiger partial charge in [0, 0.05) is 11.4 Å². The van der Waals surface area contributed by atoms with Gasteiger partial charge in [0.15, 0.2) is 0 Å². The van der Waals surface area contributed by atoms with Crippen LogP contribution in [-0.2, 0) is 23.9 Å². The minimum Gasteiger partial charge on any atom is -0.465 e. The van der Waals surface area contributed by atoms with E-state index in [1.54, 1.807) is 42.5 Å². The van der Waals surface area contributed by atoms with E-state index >= 15 is 0 Å². The van der Waals surface area contributed by atoms with Gasteiger partial charge in [0.25, 0.3) is 5.91 Å². The number of amides is 2. The fourth-order valence-electron chi connectivity index (χ4n) is 6.90. The largest absolute Gasteiger partial charge is 0.465 e. The number of esters is 1. The van der Waals surface area contributed by atoms with Crippen LogP contribution in [0.3, 0.4) is 0 Å². The fraction of sp³-hybridized carbons (Fsp3) is 0.424. The molecule has 3 heterocycles. The summed E-state index contributed by atoms with van der Waals surface area (Å²) in [6.45, 7) is 7.46. The molecule has 0 aliphatic carbocycles. The van der Waals surface area contributed by atoms with Crippen molar-refractivity contribution in [3.63, 3.8) is 0 Å². The number of likely N-dealkylation sites (tertiary alicyclic amines) is 1. The molecule has 3 fully saturated rings. The number of anilines is 1. The number of para-hydroxylation sites is 1. The van der Waals surface area contributed by atoms with Gasteiger partial charge >= 0.3 is 5.97 Å². The Morgan fingerprint density at radius 3 is 2.56 bits per heavy atom. The molecule has 3 aliphatic heterocycles. The Balaban J connectivity index is 1.59. The van der Waals surface area contributed by atoms with E-state index < -0.39 is 60.0 Å². The monoisotopic (exact) mass is 670 g/mol. The molecular formula is C33H36BrClN2O6. The van der Waals surface area contributed by atoms with Gasteiger partial charge in [-0.05, 0) is 43.4 Å². The van der Waals surface area contributed by atoms with E-state index in [1.165, 1.54) is 9.80 Å². The van der Waals surface area contributed by atoms with Crippen molar-refractivity contribution in [2.45, 2.75) is 54.3 Å². The maximum Gasteiger partial charge on any atom is 0.312 e. The standard InChI is InChI=1S/C33H36BrClN2O6/c1-3-5-6-12-18-42-32(41)26-27-30(39)37(25(20-38)21-13-8-7-9-14-21)29(33(27)19-22(34)28(26)43-33)31(40)36(17-4-2)24-16-11-10-15-23(24)35/h3-4,7-11,13-16,22,25-29,38H,1-2,5-6,12,17-20H2/t22?,25-,26+,27+,28+,29?,33?/m1/s1. The smallest absolute Gasteiger partial charge is 0.312 e. The lowest BCUT2D eigenvalue weighted by Gasteiger charge is -2.39. The highest BCUT2D eigenvalue weighted by Gasteiger charge is 2.77. The highest BCUT2D eigenvalue weighted by molar-refractivity contribution is 9.09. The lowest BCUT2D eigenvalue weighted by molar-refractivity contribution is -0.155. The molecule has 0 aromatic heterocycles. The summed E-state index contributed by atoms with van der Waals surface area (Å²) in [6, 6.07) is 14.0. The highest BCUT2D eigenvalue weighted by Crippen LogP contribution is 2.61. The number of carbonyl (C=O) groups is 3. The van der Waals surface area contributed by atoms with Crippen molar-refractivity contribution in [3.05, 3.63) is 90.5 Å². The van der Waals surface area contributed by atoms with E-state index in [9.17, 15) is 19.5 Å². The van der Waals surface area contributed by atoms with Gasteiger partial charge in [-0.3, -0.25) is 14.4 Å². The summed E-state index contributed by atoms with van der Waals surface area (Å²) in [5.41, 5.74) is -0.214. The van der Waals surface area contributed by atoms with Crippen LogP contribution in [-0.4, -0.2) is 70.1 Å². The average molecular weight is 672 g/mol. The number of allylic oxidation sites excluding steroid dienone is 1. The third-order valence-corrected chi connectivity index (χ3v) is 9.86. The van der Waals surface area contributed by atoms with Crippen LogP contribution in [0.25, 0.3) is 0 Å². The quantitative estimate of drug-likeness (QED) is 0.136. The minimum atomic E-state index is -1.33. The van der Waals surface area contributed by atoms with Crippen molar-refractivity contribution < 1.29 is 29.0 Å². The van der Waals surface area contributed by atoms with E-state index in [4.69, 9.17) is 21.1 Å². The van der Waals surface area contributed by atoms with Gasteiger partial charge in [-0.25, -0.2) is 0 Å². The number of hydrogen-bond donors (Lipinski definition) is 1. The van der Waals surface area contributed by atoms with E-state index in [-0.39, 0.29) is 18.0 Å². The van der Waals surface area contributed by atoms with Gasteiger partial charge in [-0.15, -0.1) is 13.2 Å². The van der Waals surface area contributed by atoms with Crippen LogP contribution in [0.1, 0.15) is 37.3 Å². The molecule has 2 aromatic carbocycles. The molecule has 7 atom stereocenters. The summed E-state index contributed by atoms with van der Waals surface area (Å²) in [5.74, 6) is -3.24. The highest BCUT2D eigenvalue weighted by atomic mass is 79.9. The van der Waals surface area contributed by atoms with Crippen LogP contribution >= 0.6 is 27.5 Å². The Kier molecular flexibility index (Phi) is 9.76. The Morgan fingerprint density at radius 1 is 1.16 bits per heavy atom. The number of aliphatic hydroxyl groups is 1. The zero-order chi connectivity index (χ0) is 30.7. The third-order valence-electron chi connectivity index (χ3n) is 8.69. The number of fused-ring (bicyclic) bond motifs is 1. The lowest BCUT2D eigenvalue weighted by Crippen LogP contribution is -2.57. The van der Waals surface area contributed by atoms with Gasteiger partial charge in [0.2, 0.25) is 5.91 Å². The molecule has 3 saturated heterocycles. The van der Waals surface area contributed by atoms with Gasteiger partial charge in [-0.2, -0.15) is 0 Å². The van der Waals surface area contributed by atoms with E-state index in [0.29, 0.717) is 29.1 Å². The molecule has 10 heteroatoms. The summed E-state index contributed by atoms with van der Waals surface area (Å²) in [7, 11) is 0. The molecule has 0 saturated carbocycles. The van der Waals surface area contributed by atoms with Crippen molar-refractivity contribution in [2.75, 3.05) is 24.7 Å². The molecule has 8 nitrogen and oxygen atoms in total. The van der Waals surface area contributed by atoms with Gasteiger partial charge in [0.1, 0.15) is 11.6 Å². The number of nitrogens with zero attached hydrogens (tertiary/aromatic N) is 2. The number of alkyl halides is 1. The van der Waals surface area contributed by atoms with Crippen LogP contribution in [0.4, 0.5) is 5.69 Å². The summed E-state index contributed by atoms with van der Waals surface area (Å²) in [5, 5.41) is 11.1. The second kappa shape index (κ2) is 13.3. The van der Waals surface area contributed by atoms with E-state index in [0.717, 1.165) is 12.8 Å². The predicted octanol–water partition coefficient (Wildman–Crippen LogP) is 5.24. The average Bonchev–Trinajstić information content (AvgIpc) is 3.60. The number of carbonyl (C=O) groups excluding carboxylic acids is 3. The molecule has 1 N–H and O–H groups in total. The molecular weight excluding hydrogens is 636 g/mol. The first-order valence-corrected chi connectivity index (χ1v) is 15.8. The molecule has 3 aliphatic rings. The van der Waals surface area contributed by atoms with Crippen LogP contribution < -0.4 is 4.90 Å². The second-order valence-electron chi connectivity index (χ2n) is 11.2. The van der Waals surface area contributed by atoms with Crippen LogP contribution in [0.15, 0.2) is 79.9 Å². The first-order chi connectivity index (χ1) is 20.8. The van der Waals surface area contributed by atoms with Crippen LogP contribution in [0.2, 0.25) is 5.02 Å². The molecule has 0 radical (unpaired) electrons. The Morgan fingerprint density at radius 2 is 1.88 bits per heavy atom. The van der Waals surface area contributed by atoms with Crippen molar-refractivity contribution in [1.29, 1.82) is 0 Å². The molecule has 1 spiro atoms. The zero-order valence-corrected chi connectivity index (χ0v) is 26.2. The molecule has 2 amide bonds. The van der Waals surface area contributed by atoms with Gasteiger partial charge < -0.3 is 24.4 Å². The summed E-state index contributed by atoms with van der Waals surface area (Å²) in [4.78, 5) is 45.6. The van der Waals surface area contributed by atoms with Crippen molar-refractivity contribution >= 4 is 51.0 Å². The molecule has 3 unspecified atom stereocenters. The number of ether oxygens (including phenoxy) is 2. The number of hydrogen-bond acceptors (Lipinski definition) is 6. The maximum atomic E-state index is 14.8. The Hall–Kier alpha value is -2.98. The molecule has 2 aromatic rings. The molecule has 228 valence electrons. The van der Waals surface area contributed by atoms with Crippen molar-refractivity contribution in [2.24, 2.45) is 11.8 Å². The van der Waals surface area contributed by atoms with Crippen LogP contribution in [0, 0.1) is 11.8 Å². The summed E-state index contributed by atoms with van der Waals surface area (Å²) >= 11 is 10.3. The zero-order valence-electron chi connectivity index (χ0n) is 23.8. The second-order valence-corrected chi connectivity index (χ2v) is 12.7.